The summed E-state index contributed by atoms with van der Waals surface area (Å²) in [5, 5.41) is 6.68. The first-order valence-electron chi connectivity index (χ1n) is 9.72. The zero-order valence-electron chi connectivity index (χ0n) is 16.6. The van der Waals surface area contributed by atoms with Crippen LogP contribution in [0.25, 0.3) is 0 Å². The van der Waals surface area contributed by atoms with E-state index in [-0.39, 0.29) is 6.79 Å². The summed E-state index contributed by atoms with van der Waals surface area (Å²) >= 11 is 5.42. The molecule has 9 heteroatoms. The summed E-state index contributed by atoms with van der Waals surface area (Å²) in [7, 11) is 1.60. The van der Waals surface area contributed by atoms with Crippen molar-refractivity contribution >= 4 is 29.1 Å². The average molecular weight is 416 g/mol. The number of rotatable bonds is 5. The van der Waals surface area contributed by atoms with E-state index in [0.717, 1.165) is 42.4 Å². The monoisotopic (exact) mass is 415 g/mol. The molecule has 4 rings (SSSR count). The molecule has 3 heterocycles. The fourth-order valence-electron chi connectivity index (χ4n) is 3.51. The molecule has 154 valence electrons. The Morgan fingerprint density at radius 1 is 1.28 bits per heavy atom. The Morgan fingerprint density at radius 3 is 2.97 bits per heavy atom. The maximum Gasteiger partial charge on any atom is 0.234 e. The Balaban J connectivity index is 1.40. The van der Waals surface area contributed by atoms with E-state index < -0.39 is 0 Å². The molecular formula is C20H25N5O3S. The molecule has 0 saturated carbocycles. The van der Waals surface area contributed by atoms with Gasteiger partial charge in [0, 0.05) is 25.7 Å². The minimum Gasteiger partial charge on any atom is -0.481 e. The van der Waals surface area contributed by atoms with Crippen LogP contribution in [0, 0.1) is 5.92 Å². The van der Waals surface area contributed by atoms with Crippen LogP contribution >= 0.6 is 12.2 Å². The quantitative estimate of drug-likeness (QED) is 0.716. The maximum atomic E-state index is 5.42. The van der Waals surface area contributed by atoms with Gasteiger partial charge in [0.2, 0.25) is 18.6 Å². The molecule has 29 heavy (non-hydrogen) atoms. The number of piperidine rings is 1. The number of nitrogens with zero attached hydrogens (tertiary/aromatic N) is 3. The van der Waals surface area contributed by atoms with Crippen LogP contribution in [0.1, 0.15) is 25.3 Å². The first-order valence-corrected chi connectivity index (χ1v) is 10.1. The van der Waals surface area contributed by atoms with E-state index in [0.29, 0.717) is 29.4 Å². The topological polar surface area (TPSA) is 80.8 Å². The largest absolute Gasteiger partial charge is 0.481 e. The second kappa shape index (κ2) is 8.69. The zero-order chi connectivity index (χ0) is 20.2. The number of nitrogens with one attached hydrogen (secondary N) is 2. The number of aromatic nitrogens is 2. The maximum absolute atomic E-state index is 5.42. The second-order valence-electron chi connectivity index (χ2n) is 7.28. The Labute approximate surface area is 175 Å². The van der Waals surface area contributed by atoms with Crippen molar-refractivity contribution in [1.82, 2.24) is 15.3 Å². The van der Waals surface area contributed by atoms with Crippen LogP contribution in [0.3, 0.4) is 0 Å². The Kier molecular flexibility index (Phi) is 5.84. The van der Waals surface area contributed by atoms with Crippen molar-refractivity contribution in [1.29, 1.82) is 0 Å². The highest BCUT2D eigenvalue weighted by Crippen LogP contribution is 2.32. The Morgan fingerprint density at radius 2 is 2.14 bits per heavy atom. The normalized spacial score (nSPS) is 17.7. The van der Waals surface area contributed by atoms with E-state index in [4.69, 9.17) is 26.4 Å². The molecule has 0 bridgehead atoms. The molecule has 1 aromatic heterocycles. The van der Waals surface area contributed by atoms with Gasteiger partial charge in [-0.3, -0.25) is 0 Å². The fourth-order valence-corrected chi connectivity index (χ4v) is 3.68. The predicted molar refractivity (Wildman–Crippen MR) is 115 cm³/mol. The van der Waals surface area contributed by atoms with E-state index in [1.807, 2.05) is 24.3 Å². The smallest absolute Gasteiger partial charge is 0.234 e. The average Bonchev–Trinajstić information content (AvgIpc) is 3.20. The van der Waals surface area contributed by atoms with Gasteiger partial charge in [-0.1, -0.05) is 13.0 Å². The summed E-state index contributed by atoms with van der Waals surface area (Å²) in [5.74, 6) is 3.93. The minimum atomic E-state index is 0.261. The van der Waals surface area contributed by atoms with Gasteiger partial charge in [0.25, 0.3) is 0 Å². The van der Waals surface area contributed by atoms with Crippen LogP contribution in [0.2, 0.25) is 0 Å². The molecule has 1 saturated heterocycles. The van der Waals surface area contributed by atoms with Crippen LogP contribution in [-0.2, 0) is 6.54 Å². The lowest BCUT2D eigenvalue weighted by Crippen LogP contribution is -2.35. The van der Waals surface area contributed by atoms with Gasteiger partial charge < -0.3 is 29.7 Å². The van der Waals surface area contributed by atoms with Crippen molar-refractivity contribution in [2.45, 2.75) is 26.3 Å². The highest BCUT2D eigenvalue weighted by molar-refractivity contribution is 7.80. The van der Waals surface area contributed by atoms with Gasteiger partial charge in [-0.25, -0.2) is 0 Å². The number of anilines is 2. The molecule has 1 atom stereocenters. The molecule has 0 spiro atoms. The third-order valence-electron chi connectivity index (χ3n) is 4.99. The summed E-state index contributed by atoms with van der Waals surface area (Å²) in [6.07, 6.45) is 2.41. The molecule has 1 fully saturated rings. The lowest BCUT2D eigenvalue weighted by molar-refractivity contribution is 0.174. The van der Waals surface area contributed by atoms with E-state index in [2.05, 4.69) is 32.4 Å². The van der Waals surface area contributed by atoms with Crippen molar-refractivity contribution < 1.29 is 14.2 Å². The molecule has 0 unspecified atom stereocenters. The summed E-state index contributed by atoms with van der Waals surface area (Å²) in [6.45, 7) is 5.03. The molecule has 0 aliphatic carbocycles. The first kappa shape index (κ1) is 19.5. The minimum absolute atomic E-state index is 0.261. The van der Waals surface area contributed by atoms with Crippen molar-refractivity contribution in [3.05, 3.63) is 29.8 Å². The lowest BCUT2D eigenvalue weighted by Gasteiger charge is -2.32. The molecule has 0 radical (unpaired) electrons. The van der Waals surface area contributed by atoms with Gasteiger partial charge in [0.05, 0.1) is 7.11 Å². The molecule has 1 aromatic carbocycles. The van der Waals surface area contributed by atoms with Crippen LogP contribution in [0.5, 0.6) is 17.4 Å². The number of hydrogen-bond acceptors (Lipinski definition) is 7. The standard InChI is InChI=1S/C20H25N5O3S/c1-13-4-3-7-25(11-13)17-9-18(26-2)23-19(22-17)24-20(29)21-10-14-5-6-15-16(8-14)28-12-27-15/h5-6,8-9,13H,3-4,7,10-12H2,1-2H3,(H2,21,22,23,24,29)/t13-/m0/s1. The van der Waals surface area contributed by atoms with E-state index in [1.54, 1.807) is 7.11 Å². The van der Waals surface area contributed by atoms with Crippen molar-refractivity contribution in [2.75, 3.05) is 37.2 Å². The van der Waals surface area contributed by atoms with E-state index >= 15 is 0 Å². The van der Waals surface area contributed by atoms with Crippen molar-refractivity contribution in [2.24, 2.45) is 5.92 Å². The van der Waals surface area contributed by atoms with E-state index in [1.165, 1.54) is 6.42 Å². The summed E-state index contributed by atoms with van der Waals surface area (Å²) in [5.41, 5.74) is 1.04. The molecule has 2 aliphatic heterocycles. The van der Waals surface area contributed by atoms with Gasteiger partial charge in [0.1, 0.15) is 5.82 Å². The Hall–Kier alpha value is -2.81. The predicted octanol–water partition coefficient (Wildman–Crippen LogP) is 2.94. The number of methoxy groups -OCH3 is 1. The van der Waals surface area contributed by atoms with E-state index in [9.17, 15) is 0 Å². The van der Waals surface area contributed by atoms with Crippen LogP contribution in [-0.4, -0.2) is 42.1 Å². The summed E-state index contributed by atoms with van der Waals surface area (Å²) in [4.78, 5) is 11.3. The van der Waals surface area contributed by atoms with Crippen LogP contribution in [0.15, 0.2) is 24.3 Å². The molecule has 2 aliphatic rings. The number of benzene rings is 1. The fraction of sp³-hybridized carbons (Fsp3) is 0.450. The number of thiocarbonyl (C=S) groups is 1. The van der Waals surface area contributed by atoms with Crippen molar-refractivity contribution in [3.63, 3.8) is 0 Å². The highest BCUT2D eigenvalue weighted by atomic mass is 32.1. The van der Waals surface area contributed by atoms with Gasteiger partial charge in [0.15, 0.2) is 16.6 Å². The van der Waals surface area contributed by atoms with Crippen molar-refractivity contribution in [3.8, 4) is 17.4 Å². The highest BCUT2D eigenvalue weighted by Gasteiger charge is 2.19. The Bertz CT molecular complexity index is 894. The number of ether oxygens (including phenoxy) is 3. The summed E-state index contributed by atoms with van der Waals surface area (Å²) in [6, 6.07) is 7.68. The number of fused-ring (bicyclic) bond motifs is 1. The van der Waals surface area contributed by atoms with Crippen LogP contribution in [0.4, 0.5) is 11.8 Å². The molecule has 2 aromatic rings. The third-order valence-corrected chi connectivity index (χ3v) is 5.24. The third kappa shape index (κ3) is 4.79. The summed E-state index contributed by atoms with van der Waals surface area (Å²) < 4.78 is 16.1. The zero-order valence-corrected chi connectivity index (χ0v) is 17.4. The SMILES string of the molecule is COc1cc(N2CCC[C@H](C)C2)nc(NC(=S)NCc2ccc3c(c2)OCO3)n1. The lowest BCUT2D eigenvalue weighted by atomic mass is 10.0. The molecule has 0 amide bonds. The van der Waals surface area contributed by atoms with Crippen LogP contribution < -0.4 is 29.7 Å². The number of hydrogen-bond donors (Lipinski definition) is 2. The van der Waals surface area contributed by atoms with Gasteiger partial charge >= 0.3 is 0 Å². The van der Waals surface area contributed by atoms with Gasteiger partial charge in [-0.05, 0) is 48.7 Å². The molecule has 8 nitrogen and oxygen atoms in total. The molecular weight excluding hydrogens is 390 g/mol. The second-order valence-corrected chi connectivity index (χ2v) is 7.69. The molecule has 2 N–H and O–H groups in total. The van der Waals surface area contributed by atoms with Gasteiger partial charge in [-0.15, -0.1) is 0 Å². The van der Waals surface area contributed by atoms with Gasteiger partial charge in [-0.2, -0.15) is 9.97 Å². The first-order chi connectivity index (χ1) is 14.1.